The van der Waals surface area contributed by atoms with Crippen molar-refractivity contribution in [1.82, 2.24) is 10.3 Å². The highest BCUT2D eigenvalue weighted by molar-refractivity contribution is 6.31. The number of aliphatic carboxylic acids is 1. The van der Waals surface area contributed by atoms with Crippen LogP contribution in [-0.2, 0) is 4.79 Å². The van der Waals surface area contributed by atoms with Crippen molar-refractivity contribution in [3.63, 3.8) is 0 Å². The third kappa shape index (κ3) is 6.19. The molecule has 3 N–H and O–H groups in total. The number of benzene rings is 2. The minimum absolute atomic E-state index is 0.0347. The highest BCUT2D eigenvalue weighted by atomic mass is 35.5. The van der Waals surface area contributed by atoms with E-state index in [1.54, 1.807) is 37.3 Å². The Balaban J connectivity index is 1.57. The van der Waals surface area contributed by atoms with Gasteiger partial charge in [0.25, 0.3) is 11.5 Å². The van der Waals surface area contributed by atoms with Crippen LogP contribution in [0.15, 0.2) is 59.5 Å². The van der Waals surface area contributed by atoms with Gasteiger partial charge < -0.3 is 15.4 Å². The van der Waals surface area contributed by atoms with Gasteiger partial charge in [-0.2, -0.15) is 0 Å². The van der Waals surface area contributed by atoms with Gasteiger partial charge in [-0.25, -0.2) is 4.39 Å². The number of carbonyl (C=O) groups excluding carboxylic acids is 2. The summed E-state index contributed by atoms with van der Waals surface area (Å²) in [5.41, 5.74) is 1.43. The molecule has 1 aliphatic rings. The van der Waals surface area contributed by atoms with Crippen LogP contribution < -0.4 is 10.9 Å². The van der Waals surface area contributed by atoms with Crippen molar-refractivity contribution in [2.24, 2.45) is 5.92 Å². The maximum absolute atomic E-state index is 15.3. The second-order valence-electron chi connectivity index (χ2n) is 9.70. The molecule has 9 heteroatoms. The van der Waals surface area contributed by atoms with Crippen molar-refractivity contribution in [3.8, 4) is 0 Å². The first kappa shape index (κ1) is 27.3. The maximum atomic E-state index is 15.3. The molecule has 1 unspecified atom stereocenters. The molecule has 1 heterocycles. The first-order chi connectivity index (χ1) is 18.1. The summed E-state index contributed by atoms with van der Waals surface area (Å²) in [7, 11) is 0. The topological polar surface area (TPSA) is 116 Å². The Hall–Kier alpha value is -3.78. The molecule has 3 aromatic rings. The molecule has 0 bridgehead atoms. The number of carboxylic acids is 1. The van der Waals surface area contributed by atoms with E-state index < -0.39 is 29.5 Å². The number of aryl methyl sites for hydroxylation is 1. The summed E-state index contributed by atoms with van der Waals surface area (Å²) < 4.78 is 15.3. The molecule has 1 aliphatic carbocycles. The van der Waals surface area contributed by atoms with E-state index in [2.05, 4.69) is 10.3 Å². The average molecular weight is 539 g/mol. The fraction of sp³-hybridized carbons (Fsp3) is 0.310. The number of hydrogen-bond acceptors (Lipinski definition) is 4. The monoisotopic (exact) mass is 538 g/mol. The van der Waals surface area contributed by atoms with Gasteiger partial charge in [0, 0.05) is 40.7 Å². The van der Waals surface area contributed by atoms with Gasteiger partial charge in [0.1, 0.15) is 5.82 Å². The summed E-state index contributed by atoms with van der Waals surface area (Å²) in [5.74, 6) is -3.40. The van der Waals surface area contributed by atoms with Gasteiger partial charge in [0.05, 0.1) is 11.5 Å². The van der Waals surface area contributed by atoms with Crippen LogP contribution in [-0.4, -0.2) is 33.8 Å². The van der Waals surface area contributed by atoms with Crippen LogP contribution in [0.5, 0.6) is 0 Å². The molecule has 1 aromatic heterocycles. The zero-order valence-corrected chi connectivity index (χ0v) is 21.6. The van der Waals surface area contributed by atoms with Crippen molar-refractivity contribution >= 4 is 29.3 Å². The lowest BCUT2D eigenvalue weighted by Gasteiger charge is -2.27. The van der Waals surface area contributed by atoms with Gasteiger partial charge in [-0.3, -0.25) is 19.2 Å². The number of rotatable bonds is 8. The Bertz CT molecular complexity index is 1430. The quantitative estimate of drug-likeness (QED) is 0.338. The number of hydrogen-bond donors (Lipinski definition) is 3. The standard InChI is InChI=1S/C29H28ClFN2O5/c1-16-12-19(15-32-27(16)35)26(34)14-23(21-4-2-3-5-24(21)30)18-8-11-22(25(31)13-18)28(36)33-20-9-6-17(7-10-20)29(37)38/h2-5,8,11-13,15,17,20,23H,6-7,9-10,14H2,1H3,(H,32,35)(H,33,36)(H,37,38). The second-order valence-corrected chi connectivity index (χ2v) is 10.1. The summed E-state index contributed by atoms with van der Waals surface area (Å²) in [6, 6.07) is 12.5. The van der Waals surface area contributed by atoms with Gasteiger partial charge >= 0.3 is 5.97 Å². The van der Waals surface area contributed by atoms with Gasteiger partial charge in [-0.05, 0) is 68.0 Å². The number of Topliss-reactive ketones (excluding diaryl/α,β-unsaturated/α-hetero) is 1. The molecular formula is C29H28ClFN2O5. The number of halogens is 2. The Morgan fingerprint density at radius 2 is 1.82 bits per heavy atom. The van der Waals surface area contributed by atoms with Crippen molar-refractivity contribution in [2.45, 2.75) is 51.0 Å². The predicted molar refractivity (Wildman–Crippen MR) is 141 cm³/mol. The Kier molecular flexibility index (Phi) is 8.42. The van der Waals surface area contributed by atoms with E-state index in [0.717, 1.165) is 0 Å². The summed E-state index contributed by atoms with van der Waals surface area (Å²) >= 11 is 6.45. The normalized spacial score (nSPS) is 18.0. The molecular weight excluding hydrogens is 511 g/mol. The van der Waals surface area contributed by atoms with Crippen LogP contribution in [0.1, 0.15) is 75.4 Å². The zero-order valence-electron chi connectivity index (χ0n) is 20.8. The van der Waals surface area contributed by atoms with Crippen molar-refractivity contribution in [2.75, 3.05) is 0 Å². The fourth-order valence-electron chi connectivity index (χ4n) is 4.91. The van der Waals surface area contributed by atoms with Gasteiger partial charge in [-0.15, -0.1) is 0 Å². The lowest BCUT2D eigenvalue weighted by molar-refractivity contribution is -0.142. The van der Waals surface area contributed by atoms with Crippen molar-refractivity contribution in [1.29, 1.82) is 0 Å². The highest BCUT2D eigenvalue weighted by Gasteiger charge is 2.28. The molecule has 0 radical (unpaired) electrons. The third-order valence-electron chi connectivity index (χ3n) is 7.13. The Morgan fingerprint density at radius 1 is 1.11 bits per heavy atom. The number of pyridine rings is 1. The number of amides is 1. The molecule has 0 aliphatic heterocycles. The van der Waals surface area contributed by atoms with Gasteiger partial charge in [0.15, 0.2) is 5.78 Å². The fourth-order valence-corrected chi connectivity index (χ4v) is 5.17. The van der Waals surface area contributed by atoms with E-state index in [1.165, 1.54) is 24.4 Å². The van der Waals surface area contributed by atoms with Crippen LogP contribution in [0.4, 0.5) is 4.39 Å². The number of carboxylic acid groups (broad SMARTS) is 1. The number of nitrogens with one attached hydrogen (secondary N) is 2. The van der Waals surface area contributed by atoms with Gasteiger partial charge in [0.2, 0.25) is 0 Å². The molecule has 1 atom stereocenters. The van der Waals surface area contributed by atoms with E-state index in [0.29, 0.717) is 53.0 Å². The van der Waals surface area contributed by atoms with E-state index >= 15 is 4.39 Å². The Labute approximate surface area is 224 Å². The molecule has 38 heavy (non-hydrogen) atoms. The average Bonchev–Trinajstić information content (AvgIpc) is 2.89. The molecule has 4 rings (SSSR count). The zero-order chi connectivity index (χ0) is 27.4. The summed E-state index contributed by atoms with van der Waals surface area (Å²) in [6.45, 7) is 1.61. The number of ketones is 1. The number of carbonyl (C=O) groups is 3. The number of aromatic nitrogens is 1. The molecule has 198 valence electrons. The molecule has 1 saturated carbocycles. The van der Waals surface area contributed by atoms with Crippen LogP contribution in [0, 0.1) is 18.7 Å². The largest absolute Gasteiger partial charge is 0.481 e. The van der Waals surface area contributed by atoms with Crippen LogP contribution in [0.2, 0.25) is 5.02 Å². The maximum Gasteiger partial charge on any atom is 0.306 e. The number of H-pyrrole nitrogens is 1. The SMILES string of the molecule is Cc1cc(C(=O)CC(c2ccc(C(=O)NC3CCC(C(=O)O)CC3)c(F)c2)c2ccccc2Cl)c[nH]c1=O. The van der Waals surface area contributed by atoms with Crippen LogP contribution in [0.3, 0.4) is 0 Å². The van der Waals surface area contributed by atoms with Crippen LogP contribution in [0.25, 0.3) is 0 Å². The summed E-state index contributed by atoms with van der Waals surface area (Å²) in [6.07, 6.45) is 3.28. The molecule has 0 spiro atoms. The lowest BCUT2D eigenvalue weighted by atomic mass is 9.85. The minimum atomic E-state index is -0.835. The smallest absolute Gasteiger partial charge is 0.306 e. The first-order valence-electron chi connectivity index (χ1n) is 12.4. The first-order valence-corrected chi connectivity index (χ1v) is 12.8. The minimum Gasteiger partial charge on any atom is -0.481 e. The van der Waals surface area contributed by atoms with Crippen molar-refractivity contribution in [3.05, 3.63) is 104 Å². The van der Waals surface area contributed by atoms with Crippen LogP contribution >= 0.6 is 11.6 Å². The molecule has 0 saturated heterocycles. The molecule has 1 amide bonds. The van der Waals surface area contributed by atoms with E-state index in [-0.39, 0.29) is 29.4 Å². The van der Waals surface area contributed by atoms with E-state index in [9.17, 15) is 19.2 Å². The third-order valence-corrected chi connectivity index (χ3v) is 7.48. The van der Waals surface area contributed by atoms with E-state index in [1.807, 2.05) is 0 Å². The lowest BCUT2D eigenvalue weighted by Crippen LogP contribution is -2.39. The number of aromatic amines is 1. The molecule has 7 nitrogen and oxygen atoms in total. The highest BCUT2D eigenvalue weighted by Crippen LogP contribution is 2.35. The molecule has 2 aromatic carbocycles. The van der Waals surface area contributed by atoms with E-state index in [4.69, 9.17) is 16.7 Å². The predicted octanol–water partition coefficient (Wildman–Crippen LogP) is 5.25. The Morgan fingerprint density at radius 3 is 2.45 bits per heavy atom. The summed E-state index contributed by atoms with van der Waals surface area (Å²) in [5, 5.41) is 12.4. The second kappa shape index (κ2) is 11.7. The summed E-state index contributed by atoms with van der Waals surface area (Å²) in [4.78, 5) is 51.4. The van der Waals surface area contributed by atoms with Crippen molar-refractivity contribution < 1.29 is 23.9 Å². The molecule has 1 fully saturated rings. The van der Waals surface area contributed by atoms with Gasteiger partial charge in [-0.1, -0.05) is 35.9 Å².